The normalized spacial score (nSPS) is 11.0. The first-order chi connectivity index (χ1) is 10.9. The Labute approximate surface area is 133 Å². The van der Waals surface area contributed by atoms with Gasteiger partial charge in [-0.2, -0.15) is 0 Å². The number of carboxylic acids is 1. The zero-order valence-electron chi connectivity index (χ0n) is 13.1. The summed E-state index contributed by atoms with van der Waals surface area (Å²) in [6, 6.07) is 8.67. The third-order valence-corrected chi connectivity index (χ3v) is 3.53. The van der Waals surface area contributed by atoms with E-state index < -0.39 is 11.5 Å². The molecular formula is C17H19FN2O3. The van der Waals surface area contributed by atoms with E-state index in [0.29, 0.717) is 24.2 Å². The van der Waals surface area contributed by atoms with Crippen LogP contribution in [0.15, 0.2) is 41.2 Å². The third-order valence-electron chi connectivity index (χ3n) is 3.53. The summed E-state index contributed by atoms with van der Waals surface area (Å²) >= 11 is 0. The van der Waals surface area contributed by atoms with Crippen LogP contribution in [0, 0.1) is 5.82 Å². The number of aromatic nitrogens is 1. The third kappa shape index (κ3) is 4.04. The van der Waals surface area contributed by atoms with Gasteiger partial charge in [0.2, 0.25) is 0 Å². The number of carboxylic acid groups (broad SMARTS) is 1. The molecule has 0 saturated carbocycles. The molecule has 1 aromatic carbocycles. The van der Waals surface area contributed by atoms with Crippen LogP contribution in [0.3, 0.4) is 0 Å². The van der Waals surface area contributed by atoms with Gasteiger partial charge in [0.25, 0.3) is 5.56 Å². The number of aromatic carboxylic acids is 1. The molecule has 0 amide bonds. The van der Waals surface area contributed by atoms with Gasteiger partial charge in [-0.25, -0.2) is 9.18 Å². The number of hydrogen-bond acceptors (Lipinski definition) is 3. The molecule has 2 rings (SSSR count). The lowest BCUT2D eigenvalue weighted by molar-refractivity contribution is 0.0694. The summed E-state index contributed by atoms with van der Waals surface area (Å²) < 4.78 is 14.5. The van der Waals surface area contributed by atoms with Crippen LogP contribution in [-0.4, -0.2) is 41.2 Å². The van der Waals surface area contributed by atoms with Crippen LogP contribution in [0.5, 0.6) is 0 Å². The van der Waals surface area contributed by atoms with Gasteiger partial charge in [-0.05, 0) is 69.0 Å². The molecule has 0 aliphatic heterocycles. The second-order valence-corrected chi connectivity index (χ2v) is 5.56. The first-order valence-electron chi connectivity index (χ1n) is 7.28. The highest BCUT2D eigenvalue weighted by Gasteiger charge is 2.15. The Morgan fingerprint density at radius 2 is 1.83 bits per heavy atom. The standard InChI is InChI=1S/C17H19FN2O3/c1-19(2)10-3-11-20-15(12-4-6-13(18)7-5-12)9-8-14(16(20)21)17(22)23/h4-9H,3,10-11H2,1-2H3,(H,22,23). The van der Waals surface area contributed by atoms with Gasteiger partial charge in [0.05, 0.1) is 5.69 Å². The fraction of sp³-hybridized carbons (Fsp3) is 0.294. The fourth-order valence-corrected chi connectivity index (χ4v) is 2.38. The van der Waals surface area contributed by atoms with Gasteiger partial charge < -0.3 is 14.6 Å². The van der Waals surface area contributed by atoms with Crippen molar-refractivity contribution in [2.24, 2.45) is 0 Å². The molecular weight excluding hydrogens is 299 g/mol. The van der Waals surface area contributed by atoms with Crippen molar-refractivity contribution in [3.8, 4) is 11.3 Å². The molecule has 0 unspecified atom stereocenters. The lowest BCUT2D eigenvalue weighted by atomic mass is 10.1. The second kappa shape index (κ2) is 7.19. The number of halogens is 1. The van der Waals surface area contributed by atoms with Crippen LogP contribution in [-0.2, 0) is 6.54 Å². The predicted molar refractivity (Wildman–Crippen MR) is 86.2 cm³/mol. The van der Waals surface area contributed by atoms with Gasteiger partial charge in [-0.3, -0.25) is 4.79 Å². The van der Waals surface area contributed by atoms with Crippen molar-refractivity contribution in [1.29, 1.82) is 0 Å². The molecule has 1 aromatic heterocycles. The quantitative estimate of drug-likeness (QED) is 0.888. The van der Waals surface area contributed by atoms with Crippen molar-refractivity contribution in [3.05, 3.63) is 58.1 Å². The van der Waals surface area contributed by atoms with Gasteiger partial charge in [-0.1, -0.05) is 0 Å². The van der Waals surface area contributed by atoms with E-state index in [-0.39, 0.29) is 11.4 Å². The number of rotatable bonds is 6. The van der Waals surface area contributed by atoms with E-state index in [4.69, 9.17) is 5.11 Å². The molecule has 5 nitrogen and oxygen atoms in total. The summed E-state index contributed by atoms with van der Waals surface area (Å²) in [4.78, 5) is 25.6. The average molecular weight is 318 g/mol. The first-order valence-corrected chi connectivity index (χ1v) is 7.28. The Hall–Kier alpha value is -2.47. The minimum atomic E-state index is -1.25. The second-order valence-electron chi connectivity index (χ2n) is 5.56. The molecule has 0 fully saturated rings. The van der Waals surface area contributed by atoms with Crippen LogP contribution in [0.2, 0.25) is 0 Å². The Morgan fingerprint density at radius 1 is 1.17 bits per heavy atom. The molecule has 0 saturated heterocycles. The van der Waals surface area contributed by atoms with Crippen LogP contribution < -0.4 is 5.56 Å². The Balaban J connectivity index is 2.48. The SMILES string of the molecule is CN(C)CCCn1c(-c2ccc(F)cc2)ccc(C(=O)O)c1=O. The molecule has 0 spiro atoms. The molecule has 0 radical (unpaired) electrons. The number of pyridine rings is 1. The minimum Gasteiger partial charge on any atom is -0.477 e. The summed E-state index contributed by atoms with van der Waals surface area (Å²) in [6.07, 6.45) is 0.699. The molecule has 2 aromatic rings. The lowest BCUT2D eigenvalue weighted by Crippen LogP contribution is -2.28. The fourth-order valence-electron chi connectivity index (χ4n) is 2.38. The lowest BCUT2D eigenvalue weighted by Gasteiger charge is -2.15. The molecule has 0 bridgehead atoms. The minimum absolute atomic E-state index is 0.263. The molecule has 122 valence electrons. The van der Waals surface area contributed by atoms with Crippen molar-refractivity contribution in [2.45, 2.75) is 13.0 Å². The summed E-state index contributed by atoms with van der Waals surface area (Å²) in [5.74, 6) is -1.61. The van der Waals surface area contributed by atoms with E-state index in [1.807, 2.05) is 19.0 Å². The highest BCUT2D eigenvalue weighted by atomic mass is 19.1. The molecule has 0 aliphatic carbocycles. The van der Waals surface area contributed by atoms with Crippen LogP contribution in [0.25, 0.3) is 11.3 Å². The van der Waals surface area contributed by atoms with Crippen molar-refractivity contribution < 1.29 is 14.3 Å². The molecule has 0 aliphatic rings. The van der Waals surface area contributed by atoms with Gasteiger partial charge in [0.15, 0.2) is 0 Å². The van der Waals surface area contributed by atoms with Crippen molar-refractivity contribution in [2.75, 3.05) is 20.6 Å². The van der Waals surface area contributed by atoms with Crippen LogP contribution in [0.4, 0.5) is 4.39 Å². The smallest absolute Gasteiger partial charge is 0.341 e. The summed E-state index contributed by atoms with van der Waals surface area (Å²) in [5.41, 5.74) is 0.447. The number of benzene rings is 1. The van der Waals surface area contributed by atoms with E-state index in [1.165, 1.54) is 22.8 Å². The van der Waals surface area contributed by atoms with E-state index >= 15 is 0 Å². The Kier molecular flexibility index (Phi) is 5.28. The van der Waals surface area contributed by atoms with Crippen molar-refractivity contribution in [1.82, 2.24) is 9.47 Å². The molecule has 23 heavy (non-hydrogen) atoms. The number of carbonyl (C=O) groups is 1. The topological polar surface area (TPSA) is 62.5 Å². The van der Waals surface area contributed by atoms with E-state index in [0.717, 1.165) is 6.54 Å². The van der Waals surface area contributed by atoms with Crippen molar-refractivity contribution in [3.63, 3.8) is 0 Å². The zero-order chi connectivity index (χ0) is 17.0. The predicted octanol–water partition coefficient (Wildman–Crippen LogP) is 2.30. The zero-order valence-corrected chi connectivity index (χ0v) is 13.1. The van der Waals surface area contributed by atoms with Crippen LogP contribution in [0.1, 0.15) is 16.8 Å². The van der Waals surface area contributed by atoms with Crippen molar-refractivity contribution >= 4 is 5.97 Å². The Bertz CT molecular complexity index is 751. The summed E-state index contributed by atoms with van der Waals surface area (Å²) in [6.45, 7) is 1.16. The highest BCUT2D eigenvalue weighted by molar-refractivity contribution is 5.87. The van der Waals surface area contributed by atoms with E-state index in [2.05, 4.69) is 0 Å². The largest absolute Gasteiger partial charge is 0.477 e. The van der Waals surface area contributed by atoms with E-state index in [1.54, 1.807) is 18.2 Å². The highest BCUT2D eigenvalue weighted by Crippen LogP contribution is 2.19. The molecule has 0 atom stereocenters. The molecule has 6 heteroatoms. The van der Waals surface area contributed by atoms with E-state index in [9.17, 15) is 14.0 Å². The van der Waals surface area contributed by atoms with Gasteiger partial charge in [-0.15, -0.1) is 0 Å². The van der Waals surface area contributed by atoms with Gasteiger partial charge >= 0.3 is 5.97 Å². The number of nitrogens with zero attached hydrogens (tertiary/aromatic N) is 2. The Morgan fingerprint density at radius 3 is 2.39 bits per heavy atom. The maximum Gasteiger partial charge on any atom is 0.341 e. The summed E-state index contributed by atoms with van der Waals surface area (Å²) in [5, 5.41) is 9.13. The molecule has 1 heterocycles. The maximum atomic E-state index is 13.1. The monoisotopic (exact) mass is 318 g/mol. The maximum absolute atomic E-state index is 13.1. The van der Waals surface area contributed by atoms with Gasteiger partial charge in [0, 0.05) is 6.54 Å². The summed E-state index contributed by atoms with van der Waals surface area (Å²) in [7, 11) is 3.86. The van der Waals surface area contributed by atoms with Crippen LogP contribution >= 0.6 is 0 Å². The number of hydrogen-bond donors (Lipinski definition) is 1. The van der Waals surface area contributed by atoms with Gasteiger partial charge in [0.1, 0.15) is 11.4 Å². The first kappa shape index (κ1) is 16.9. The average Bonchev–Trinajstić information content (AvgIpc) is 2.49. The molecule has 1 N–H and O–H groups in total.